The molecule has 0 radical (unpaired) electrons. The summed E-state index contributed by atoms with van der Waals surface area (Å²) >= 11 is 3.34. The van der Waals surface area contributed by atoms with Crippen molar-refractivity contribution in [3.8, 4) is 17.6 Å². The summed E-state index contributed by atoms with van der Waals surface area (Å²) in [4.78, 5) is 0. The molecular weight excluding hydrogens is 260 g/mol. The van der Waals surface area contributed by atoms with Crippen LogP contribution in [0.2, 0.25) is 0 Å². The molecule has 4 nitrogen and oxygen atoms in total. The summed E-state index contributed by atoms with van der Waals surface area (Å²) in [7, 11) is 1.54. The zero-order valence-electron chi connectivity index (χ0n) is 8.29. The van der Waals surface area contributed by atoms with E-state index in [2.05, 4.69) is 15.9 Å². The number of rotatable bonds is 4. The molecular formula is C10H11BrN2O2. The topological polar surface area (TPSA) is 68.3 Å². The average Bonchev–Trinajstić information content (AvgIpc) is 2.26. The number of methoxy groups -OCH3 is 1. The van der Waals surface area contributed by atoms with Crippen molar-refractivity contribution in [2.75, 3.05) is 13.7 Å². The summed E-state index contributed by atoms with van der Waals surface area (Å²) in [6.07, 6.45) is 0. The van der Waals surface area contributed by atoms with Crippen molar-refractivity contribution in [1.29, 1.82) is 5.26 Å². The second kappa shape index (κ2) is 5.59. The zero-order valence-corrected chi connectivity index (χ0v) is 9.87. The van der Waals surface area contributed by atoms with E-state index in [0.717, 1.165) is 10.0 Å². The predicted molar refractivity (Wildman–Crippen MR) is 59.7 cm³/mol. The van der Waals surface area contributed by atoms with Crippen LogP contribution >= 0.6 is 15.9 Å². The molecule has 0 atom stereocenters. The van der Waals surface area contributed by atoms with E-state index in [1.54, 1.807) is 13.2 Å². The first-order valence-corrected chi connectivity index (χ1v) is 5.08. The van der Waals surface area contributed by atoms with Gasteiger partial charge >= 0.3 is 0 Å². The fraction of sp³-hybridized carbons (Fsp3) is 0.300. The molecule has 15 heavy (non-hydrogen) atoms. The van der Waals surface area contributed by atoms with Gasteiger partial charge in [0, 0.05) is 6.54 Å². The number of halogens is 1. The summed E-state index contributed by atoms with van der Waals surface area (Å²) in [6, 6.07) is 5.53. The number of hydrogen-bond donors (Lipinski definition) is 1. The lowest BCUT2D eigenvalue weighted by Crippen LogP contribution is -2.01. The first-order valence-electron chi connectivity index (χ1n) is 4.29. The molecule has 5 heteroatoms. The van der Waals surface area contributed by atoms with Crippen LogP contribution in [0, 0.1) is 11.3 Å². The van der Waals surface area contributed by atoms with Gasteiger partial charge in [-0.05, 0) is 33.6 Å². The van der Waals surface area contributed by atoms with Gasteiger partial charge in [0.15, 0.2) is 18.1 Å². The number of nitrogens with zero attached hydrogens (tertiary/aromatic N) is 1. The molecule has 0 aliphatic heterocycles. The Morgan fingerprint density at radius 2 is 2.27 bits per heavy atom. The van der Waals surface area contributed by atoms with Gasteiger partial charge in [0.25, 0.3) is 0 Å². The minimum Gasteiger partial charge on any atom is -0.493 e. The smallest absolute Gasteiger partial charge is 0.176 e. The Morgan fingerprint density at radius 3 is 2.80 bits per heavy atom. The molecule has 0 amide bonds. The molecule has 0 aromatic heterocycles. The van der Waals surface area contributed by atoms with Crippen LogP contribution in [0.3, 0.4) is 0 Å². The maximum atomic E-state index is 8.43. The van der Waals surface area contributed by atoms with Gasteiger partial charge < -0.3 is 15.2 Å². The first-order chi connectivity index (χ1) is 7.22. The SMILES string of the molecule is COc1cc(CN)cc(Br)c1OCC#N. The van der Waals surface area contributed by atoms with Crippen LogP contribution in [0.4, 0.5) is 0 Å². The molecule has 0 aliphatic carbocycles. The molecule has 0 bridgehead atoms. The van der Waals surface area contributed by atoms with Gasteiger partial charge in [-0.15, -0.1) is 0 Å². The highest BCUT2D eigenvalue weighted by atomic mass is 79.9. The lowest BCUT2D eigenvalue weighted by molar-refractivity contribution is 0.327. The van der Waals surface area contributed by atoms with Crippen molar-refractivity contribution in [3.63, 3.8) is 0 Å². The normalized spacial score (nSPS) is 9.47. The monoisotopic (exact) mass is 270 g/mol. The summed E-state index contributed by atoms with van der Waals surface area (Å²) in [6.45, 7) is 0.407. The summed E-state index contributed by atoms with van der Waals surface area (Å²) < 4.78 is 11.1. The second-order valence-corrected chi connectivity index (χ2v) is 3.61. The van der Waals surface area contributed by atoms with Crippen molar-refractivity contribution in [2.24, 2.45) is 5.73 Å². The molecule has 0 unspecified atom stereocenters. The van der Waals surface area contributed by atoms with Crippen LogP contribution in [-0.2, 0) is 6.54 Å². The average molecular weight is 271 g/mol. The van der Waals surface area contributed by atoms with E-state index in [-0.39, 0.29) is 6.61 Å². The quantitative estimate of drug-likeness (QED) is 0.906. The lowest BCUT2D eigenvalue weighted by Gasteiger charge is -2.11. The summed E-state index contributed by atoms with van der Waals surface area (Å²) in [5.74, 6) is 1.09. The van der Waals surface area contributed by atoms with Crippen molar-refractivity contribution in [3.05, 3.63) is 22.2 Å². The molecule has 1 aromatic rings. The molecule has 1 rings (SSSR count). The number of hydrogen-bond acceptors (Lipinski definition) is 4. The second-order valence-electron chi connectivity index (χ2n) is 2.76. The molecule has 2 N–H and O–H groups in total. The van der Waals surface area contributed by atoms with Crippen molar-refractivity contribution >= 4 is 15.9 Å². The number of ether oxygens (including phenoxy) is 2. The molecule has 80 valence electrons. The number of nitrogens with two attached hydrogens (primary N) is 1. The fourth-order valence-electron chi connectivity index (χ4n) is 1.14. The van der Waals surface area contributed by atoms with Crippen LogP contribution in [0.5, 0.6) is 11.5 Å². The third-order valence-electron chi connectivity index (χ3n) is 1.81. The van der Waals surface area contributed by atoms with E-state index in [1.165, 1.54) is 0 Å². The van der Waals surface area contributed by atoms with Crippen molar-refractivity contribution < 1.29 is 9.47 Å². The highest BCUT2D eigenvalue weighted by molar-refractivity contribution is 9.10. The van der Waals surface area contributed by atoms with Gasteiger partial charge in [0.2, 0.25) is 0 Å². The van der Waals surface area contributed by atoms with E-state index >= 15 is 0 Å². The summed E-state index contributed by atoms with van der Waals surface area (Å²) in [5.41, 5.74) is 6.46. The van der Waals surface area contributed by atoms with Gasteiger partial charge in [0.1, 0.15) is 6.07 Å². The Bertz CT molecular complexity index is 388. The van der Waals surface area contributed by atoms with E-state index < -0.39 is 0 Å². The van der Waals surface area contributed by atoms with Gasteiger partial charge in [0.05, 0.1) is 11.6 Å². The molecule has 0 aliphatic rings. The van der Waals surface area contributed by atoms with Crippen LogP contribution in [-0.4, -0.2) is 13.7 Å². The third kappa shape index (κ3) is 2.85. The maximum Gasteiger partial charge on any atom is 0.176 e. The van der Waals surface area contributed by atoms with E-state index in [1.807, 2.05) is 12.1 Å². The van der Waals surface area contributed by atoms with E-state index in [0.29, 0.717) is 18.0 Å². The van der Waals surface area contributed by atoms with Gasteiger partial charge in [-0.2, -0.15) is 5.26 Å². The minimum atomic E-state index is -0.0169. The molecule has 1 aromatic carbocycles. The standard InChI is InChI=1S/C10H11BrN2O2/c1-14-9-5-7(6-13)4-8(11)10(9)15-3-2-12/h4-5H,3,6,13H2,1H3. The first kappa shape index (κ1) is 11.8. The fourth-order valence-corrected chi connectivity index (χ4v) is 1.74. The van der Waals surface area contributed by atoms with E-state index in [4.69, 9.17) is 20.5 Å². The number of nitriles is 1. The van der Waals surface area contributed by atoms with Crippen molar-refractivity contribution in [1.82, 2.24) is 0 Å². The lowest BCUT2D eigenvalue weighted by atomic mass is 10.2. The van der Waals surface area contributed by atoms with Crippen LogP contribution in [0.1, 0.15) is 5.56 Å². The van der Waals surface area contributed by atoms with Crippen LogP contribution in [0.15, 0.2) is 16.6 Å². The summed E-state index contributed by atoms with van der Waals surface area (Å²) in [5, 5.41) is 8.43. The van der Waals surface area contributed by atoms with Crippen molar-refractivity contribution in [2.45, 2.75) is 6.54 Å². The highest BCUT2D eigenvalue weighted by Gasteiger charge is 2.10. The Hall–Kier alpha value is -1.25. The zero-order chi connectivity index (χ0) is 11.3. The Labute approximate surface area is 96.7 Å². The van der Waals surface area contributed by atoms with Gasteiger partial charge in [-0.1, -0.05) is 0 Å². The minimum absolute atomic E-state index is 0.0169. The molecule has 0 heterocycles. The maximum absolute atomic E-state index is 8.43. The predicted octanol–water partition coefficient (Wildman–Crippen LogP) is 1.82. The molecule has 0 saturated carbocycles. The molecule has 0 fully saturated rings. The van der Waals surface area contributed by atoms with Gasteiger partial charge in [-0.3, -0.25) is 0 Å². The Balaban J connectivity index is 3.08. The number of benzene rings is 1. The largest absolute Gasteiger partial charge is 0.493 e. The molecule has 0 saturated heterocycles. The Morgan fingerprint density at radius 1 is 1.53 bits per heavy atom. The van der Waals surface area contributed by atoms with Crippen LogP contribution in [0.25, 0.3) is 0 Å². The van der Waals surface area contributed by atoms with E-state index in [9.17, 15) is 0 Å². The Kier molecular flexibility index (Phi) is 4.40. The molecule has 0 spiro atoms. The van der Waals surface area contributed by atoms with Crippen LogP contribution < -0.4 is 15.2 Å². The third-order valence-corrected chi connectivity index (χ3v) is 2.40. The highest BCUT2D eigenvalue weighted by Crippen LogP contribution is 2.36. The van der Waals surface area contributed by atoms with Gasteiger partial charge in [-0.25, -0.2) is 0 Å².